The third-order valence-electron chi connectivity index (χ3n) is 3.01. The summed E-state index contributed by atoms with van der Waals surface area (Å²) < 4.78 is 0. The SMILES string of the molecule is CN(C)c1ccc(CC(C)(C)C=CC=CC(=O)O)cc1. The van der Waals surface area contributed by atoms with Gasteiger partial charge in [0, 0.05) is 25.9 Å². The third kappa shape index (κ3) is 5.74. The molecule has 3 nitrogen and oxygen atoms in total. The first-order valence-corrected chi connectivity index (χ1v) is 6.65. The molecule has 0 aliphatic carbocycles. The number of rotatable bonds is 6. The number of carboxylic acids is 1. The lowest BCUT2D eigenvalue weighted by molar-refractivity contribution is -0.131. The van der Waals surface area contributed by atoms with Crippen molar-refractivity contribution < 1.29 is 9.90 Å². The molecule has 0 unspecified atom stereocenters. The molecular weight excluding hydrogens is 250 g/mol. The molecule has 1 rings (SSSR count). The molecule has 0 radical (unpaired) electrons. The van der Waals surface area contributed by atoms with Crippen molar-refractivity contribution in [2.75, 3.05) is 19.0 Å². The van der Waals surface area contributed by atoms with Gasteiger partial charge in [-0.1, -0.05) is 44.2 Å². The normalized spacial score (nSPS) is 12.2. The van der Waals surface area contributed by atoms with Crippen LogP contribution in [0.15, 0.2) is 48.6 Å². The molecule has 0 bridgehead atoms. The molecule has 0 fully saturated rings. The molecule has 0 atom stereocenters. The molecule has 1 aromatic carbocycles. The Morgan fingerprint density at radius 1 is 1.20 bits per heavy atom. The second-order valence-corrected chi connectivity index (χ2v) is 5.78. The summed E-state index contributed by atoms with van der Waals surface area (Å²) in [5.74, 6) is -0.924. The second-order valence-electron chi connectivity index (χ2n) is 5.78. The van der Waals surface area contributed by atoms with Crippen molar-refractivity contribution in [3.8, 4) is 0 Å². The van der Waals surface area contributed by atoms with Crippen molar-refractivity contribution in [2.45, 2.75) is 20.3 Å². The van der Waals surface area contributed by atoms with Gasteiger partial charge in [-0.2, -0.15) is 0 Å². The van der Waals surface area contributed by atoms with Crippen molar-refractivity contribution in [1.29, 1.82) is 0 Å². The van der Waals surface area contributed by atoms with Crippen molar-refractivity contribution in [3.63, 3.8) is 0 Å². The summed E-state index contributed by atoms with van der Waals surface area (Å²) in [6.45, 7) is 4.27. The zero-order valence-electron chi connectivity index (χ0n) is 12.6. The number of carboxylic acid groups (broad SMARTS) is 1. The monoisotopic (exact) mass is 273 g/mol. The van der Waals surface area contributed by atoms with E-state index in [1.807, 2.05) is 20.2 Å². The zero-order chi connectivity index (χ0) is 15.2. The van der Waals surface area contributed by atoms with Gasteiger partial charge >= 0.3 is 5.97 Å². The summed E-state index contributed by atoms with van der Waals surface area (Å²) in [7, 11) is 4.05. The second kappa shape index (κ2) is 6.94. The minimum atomic E-state index is -0.924. The molecule has 3 heteroatoms. The highest BCUT2D eigenvalue weighted by atomic mass is 16.4. The van der Waals surface area contributed by atoms with Crippen LogP contribution in [0.3, 0.4) is 0 Å². The third-order valence-corrected chi connectivity index (χ3v) is 3.01. The molecule has 1 N–H and O–H groups in total. The van der Waals surface area contributed by atoms with Crippen LogP contribution in [-0.2, 0) is 11.2 Å². The molecule has 1 aromatic rings. The number of nitrogens with zero attached hydrogens (tertiary/aromatic N) is 1. The van der Waals surface area contributed by atoms with Gasteiger partial charge in [0.1, 0.15) is 0 Å². The number of hydrogen-bond acceptors (Lipinski definition) is 2. The first kappa shape index (κ1) is 16.0. The zero-order valence-corrected chi connectivity index (χ0v) is 12.6. The summed E-state index contributed by atoms with van der Waals surface area (Å²) in [5, 5.41) is 8.52. The van der Waals surface area contributed by atoms with Crippen LogP contribution in [-0.4, -0.2) is 25.2 Å². The van der Waals surface area contributed by atoms with Crippen molar-refractivity contribution in [3.05, 3.63) is 54.1 Å². The van der Waals surface area contributed by atoms with Gasteiger partial charge in [0.2, 0.25) is 0 Å². The number of hydrogen-bond donors (Lipinski definition) is 1. The summed E-state index contributed by atoms with van der Waals surface area (Å²) in [6, 6.07) is 8.49. The standard InChI is InChI=1S/C17H23NO2/c1-17(2,12-6-5-7-16(19)20)13-14-8-10-15(11-9-14)18(3)4/h5-12H,13H2,1-4H3,(H,19,20). The van der Waals surface area contributed by atoms with Crippen LogP contribution in [0.1, 0.15) is 19.4 Å². The van der Waals surface area contributed by atoms with Crippen LogP contribution in [0.5, 0.6) is 0 Å². The Labute approximate surface area is 121 Å². The van der Waals surface area contributed by atoms with Crippen LogP contribution in [0.25, 0.3) is 0 Å². The average molecular weight is 273 g/mol. The quantitative estimate of drug-likeness (QED) is 0.637. The fourth-order valence-corrected chi connectivity index (χ4v) is 1.95. The Balaban J connectivity index is 2.68. The van der Waals surface area contributed by atoms with Crippen LogP contribution < -0.4 is 4.90 Å². The van der Waals surface area contributed by atoms with Crippen molar-refractivity contribution >= 4 is 11.7 Å². The Morgan fingerprint density at radius 3 is 2.30 bits per heavy atom. The first-order valence-electron chi connectivity index (χ1n) is 6.65. The predicted molar refractivity (Wildman–Crippen MR) is 84.2 cm³/mol. The van der Waals surface area contributed by atoms with Gasteiger partial charge < -0.3 is 10.0 Å². The van der Waals surface area contributed by atoms with E-state index < -0.39 is 5.97 Å². The Morgan fingerprint density at radius 2 is 1.80 bits per heavy atom. The van der Waals surface area contributed by atoms with E-state index in [4.69, 9.17) is 5.11 Å². The maximum absolute atomic E-state index is 10.4. The van der Waals surface area contributed by atoms with E-state index >= 15 is 0 Å². The van der Waals surface area contributed by atoms with Gasteiger partial charge in [0.15, 0.2) is 0 Å². The van der Waals surface area contributed by atoms with Gasteiger partial charge in [-0.15, -0.1) is 0 Å². The van der Waals surface area contributed by atoms with E-state index in [0.29, 0.717) is 0 Å². The van der Waals surface area contributed by atoms with Gasteiger partial charge in [-0.25, -0.2) is 4.79 Å². The summed E-state index contributed by atoms with van der Waals surface area (Å²) in [4.78, 5) is 12.5. The summed E-state index contributed by atoms with van der Waals surface area (Å²) in [5.41, 5.74) is 2.45. The molecule has 0 aromatic heterocycles. The molecular formula is C17H23NO2. The van der Waals surface area contributed by atoms with Gasteiger partial charge in [-0.05, 0) is 29.5 Å². The molecule has 0 spiro atoms. The van der Waals surface area contributed by atoms with Crippen LogP contribution in [0.4, 0.5) is 5.69 Å². The van der Waals surface area contributed by atoms with Crippen LogP contribution in [0, 0.1) is 5.41 Å². The topological polar surface area (TPSA) is 40.5 Å². The fraction of sp³-hybridized carbons (Fsp3) is 0.353. The molecule has 0 heterocycles. The lowest BCUT2D eigenvalue weighted by Crippen LogP contribution is -2.12. The number of aliphatic carboxylic acids is 1. The van der Waals surface area contributed by atoms with Crippen molar-refractivity contribution in [2.24, 2.45) is 5.41 Å². The van der Waals surface area contributed by atoms with E-state index in [9.17, 15) is 4.79 Å². The molecule has 20 heavy (non-hydrogen) atoms. The number of allylic oxidation sites excluding steroid dienone is 3. The predicted octanol–water partition coefficient (Wildman–Crippen LogP) is 3.52. The number of anilines is 1. The number of carbonyl (C=O) groups is 1. The highest BCUT2D eigenvalue weighted by Crippen LogP contribution is 2.24. The molecule has 0 amide bonds. The van der Waals surface area contributed by atoms with Gasteiger partial charge in [-0.3, -0.25) is 0 Å². The van der Waals surface area contributed by atoms with Crippen molar-refractivity contribution in [1.82, 2.24) is 0 Å². The minimum Gasteiger partial charge on any atom is -0.478 e. The highest BCUT2D eigenvalue weighted by molar-refractivity contribution is 5.80. The lowest BCUT2D eigenvalue weighted by Gasteiger charge is -2.21. The molecule has 0 saturated carbocycles. The summed E-state index contributed by atoms with van der Waals surface area (Å²) in [6.07, 6.45) is 7.43. The number of benzene rings is 1. The maximum Gasteiger partial charge on any atom is 0.328 e. The molecule has 108 valence electrons. The molecule has 0 saturated heterocycles. The van der Waals surface area contributed by atoms with E-state index in [0.717, 1.165) is 12.5 Å². The summed E-state index contributed by atoms with van der Waals surface area (Å²) >= 11 is 0. The highest BCUT2D eigenvalue weighted by Gasteiger charge is 2.14. The van der Waals surface area contributed by atoms with E-state index in [2.05, 4.69) is 43.0 Å². The lowest BCUT2D eigenvalue weighted by atomic mass is 9.85. The van der Waals surface area contributed by atoms with Crippen LogP contribution in [0.2, 0.25) is 0 Å². The molecule has 0 aliphatic rings. The molecule has 0 aliphatic heterocycles. The Hall–Kier alpha value is -2.03. The van der Waals surface area contributed by atoms with E-state index in [-0.39, 0.29) is 5.41 Å². The van der Waals surface area contributed by atoms with Crippen LogP contribution >= 0.6 is 0 Å². The fourth-order valence-electron chi connectivity index (χ4n) is 1.95. The van der Waals surface area contributed by atoms with E-state index in [1.165, 1.54) is 11.3 Å². The van der Waals surface area contributed by atoms with Gasteiger partial charge in [0.05, 0.1) is 0 Å². The smallest absolute Gasteiger partial charge is 0.328 e. The average Bonchev–Trinajstić information content (AvgIpc) is 2.34. The largest absolute Gasteiger partial charge is 0.478 e. The minimum absolute atomic E-state index is 0.0114. The maximum atomic E-state index is 10.4. The Bertz CT molecular complexity index is 496. The van der Waals surface area contributed by atoms with E-state index in [1.54, 1.807) is 12.2 Å². The first-order chi connectivity index (χ1) is 9.30. The van der Waals surface area contributed by atoms with Gasteiger partial charge in [0.25, 0.3) is 0 Å². The Kier molecular flexibility index (Phi) is 5.56.